The highest BCUT2D eigenvalue weighted by Gasteiger charge is 2.52. The molecule has 2 rings (SSSR count). The van der Waals surface area contributed by atoms with Crippen molar-refractivity contribution in [3.05, 3.63) is 47.5 Å². The third kappa shape index (κ3) is 3.54. The van der Waals surface area contributed by atoms with Crippen LogP contribution in [0.1, 0.15) is 5.56 Å². The molecule has 1 heterocycles. The van der Waals surface area contributed by atoms with E-state index in [1.54, 1.807) is 30.3 Å². The molecule has 0 bridgehead atoms. The van der Waals surface area contributed by atoms with Crippen LogP contribution in [0.25, 0.3) is 0 Å². The van der Waals surface area contributed by atoms with E-state index in [2.05, 4.69) is 9.47 Å². The van der Waals surface area contributed by atoms with Crippen LogP contribution in [0.5, 0.6) is 0 Å². The van der Waals surface area contributed by atoms with Gasteiger partial charge in [-0.05, 0) is 11.6 Å². The first-order chi connectivity index (χ1) is 12.0. The normalized spacial score (nSPS) is 22.0. The molecule has 0 radical (unpaired) electrons. The molecule has 1 fully saturated rings. The molecule has 134 valence electrons. The summed E-state index contributed by atoms with van der Waals surface area (Å²) < 4.78 is 14.1. The van der Waals surface area contributed by atoms with Crippen LogP contribution in [0.15, 0.2) is 42.0 Å². The summed E-state index contributed by atoms with van der Waals surface area (Å²) in [4.78, 5) is 46.7. The second-order valence-electron chi connectivity index (χ2n) is 5.14. The molecule has 0 spiro atoms. The van der Waals surface area contributed by atoms with E-state index >= 15 is 0 Å². The Balaban J connectivity index is 2.67. The van der Waals surface area contributed by atoms with Crippen LogP contribution in [-0.4, -0.2) is 45.8 Å². The highest BCUT2D eigenvalue weighted by molar-refractivity contribution is 6.14. The molecule has 0 unspecified atom stereocenters. The van der Waals surface area contributed by atoms with Crippen molar-refractivity contribution in [1.82, 2.24) is 0 Å². The van der Waals surface area contributed by atoms with Gasteiger partial charge in [0, 0.05) is 0 Å². The first kappa shape index (κ1) is 18.6. The third-order valence-corrected chi connectivity index (χ3v) is 3.83. The maximum absolute atomic E-state index is 12.2. The lowest BCUT2D eigenvalue weighted by Crippen LogP contribution is -2.38. The molecule has 25 heavy (non-hydrogen) atoms. The standard InChI is InChI=1S/C17H18O8/c1-21-14(18)12(15(19)22-2)9-17(11-7-5-4-6-8-11)13(10-24-25-17)16(20)23-3/h4-9,13H,10H2,1-3H3/t13-,17+/m1/s1. The highest BCUT2D eigenvalue weighted by Crippen LogP contribution is 2.42. The summed E-state index contributed by atoms with van der Waals surface area (Å²) in [5.41, 5.74) is -1.48. The smallest absolute Gasteiger partial charge is 0.345 e. The summed E-state index contributed by atoms with van der Waals surface area (Å²) >= 11 is 0. The zero-order chi connectivity index (χ0) is 18.4. The number of esters is 3. The number of carbonyl (C=O) groups is 3. The predicted octanol–water partition coefficient (Wildman–Crippen LogP) is 0.905. The summed E-state index contributed by atoms with van der Waals surface area (Å²) in [6.45, 7) is -0.117. The molecule has 8 heteroatoms. The Kier molecular flexibility index (Phi) is 5.89. The lowest BCUT2D eigenvalue weighted by atomic mass is 9.80. The second-order valence-corrected chi connectivity index (χ2v) is 5.14. The Labute approximate surface area is 144 Å². The molecule has 8 nitrogen and oxygen atoms in total. The van der Waals surface area contributed by atoms with Gasteiger partial charge in [0.05, 0.1) is 27.9 Å². The van der Waals surface area contributed by atoms with Crippen LogP contribution in [-0.2, 0) is 44.0 Å². The fraction of sp³-hybridized carbons (Fsp3) is 0.353. The van der Waals surface area contributed by atoms with E-state index in [0.29, 0.717) is 5.56 Å². The van der Waals surface area contributed by atoms with Gasteiger partial charge >= 0.3 is 17.9 Å². The molecule has 1 aromatic rings. The SMILES string of the molecule is COC(=O)C(=C[C@@]1(c2ccccc2)OOC[C@@H]1C(=O)OC)C(=O)OC. The Morgan fingerprint density at radius 2 is 1.64 bits per heavy atom. The lowest BCUT2D eigenvalue weighted by Gasteiger charge is -2.28. The van der Waals surface area contributed by atoms with Crippen molar-refractivity contribution >= 4 is 17.9 Å². The van der Waals surface area contributed by atoms with Crippen molar-refractivity contribution in [2.24, 2.45) is 5.92 Å². The van der Waals surface area contributed by atoms with Crippen molar-refractivity contribution in [2.75, 3.05) is 27.9 Å². The Morgan fingerprint density at radius 1 is 1.04 bits per heavy atom. The average molecular weight is 350 g/mol. The number of carbonyl (C=O) groups excluding carboxylic acids is 3. The summed E-state index contributed by atoms with van der Waals surface area (Å²) in [6.07, 6.45) is 1.18. The van der Waals surface area contributed by atoms with Crippen LogP contribution in [0.4, 0.5) is 0 Å². The van der Waals surface area contributed by atoms with Crippen LogP contribution in [0.2, 0.25) is 0 Å². The van der Waals surface area contributed by atoms with Crippen molar-refractivity contribution in [2.45, 2.75) is 5.60 Å². The minimum absolute atomic E-state index is 0.117. The van der Waals surface area contributed by atoms with Gasteiger partial charge in [-0.2, -0.15) is 0 Å². The predicted molar refractivity (Wildman–Crippen MR) is 82.8 cm³/mol. The molecule has 0 aliphatic carbocycles. The average Bonchev–Trinajstić information content (AvgIpc) is 3.09. The van der Waals surface area contributed by atoms with Crippen LogP contribution < -0.4 is 0 Å². The monoisotopic (exact) mass is 350 g/mol. The van der Waals surface area contributed by atoms with Gasteiger partial charge in [-0.1, -0.05) is 30.3 Å². The molecule has 2 atom stereocenters. The third-order valence-electron chi connectivity index (χ3n) is 3.83. The first-order valence-electron chi connectivity index (χ1n) is 7.33. The molecule has 1 saturated heterocycles. The molecule has 1 aliphatic rings. The van der Waals surface area contributed by atoms with Gasteiger partial charge in [0.1, 0.15) is 11.5 Å². The topological polar surface area (TPSA) is 97.4 Å². The van der Waals surface area contributed by atoms with Crippen molar-refractivity contribution in [1.29, 1.82) is 0 Å². The van der Waals surface area contributed by atoms with E-state index in [1.807, 2.05) is 0 Å². The largest absolute Gasteiger partial charge is 0.469 e. The van der Waals surface area contributed by atoms with Crippen molar-refractivity contribution in [3.8, 4) is 0 Å². The summed E-state index contributed by atoms with van der Waals surface area (Å²) in [7, 11) is 3.47. The second kappa shape index (κ2) is 7.91. The number of methoxy groups -OCH3 is 3. The molecule has 0 amide bonds. The molecular weight excluding hydrogens is 332 g/mol. The number of hydrogen-bond acceptors (Lipinski definition) is 8. The zero-order valence-corrected chi connectivity index (χ0v) is 14.0. The quantitative estimate of drug-likeness (QED) is 0.193. The molecule has 1 aliphatic heterocycles. The molecular formula is C17H18O8. The number of ether oxygens (including phenoxy) is 3. The summed E-state index contributed by atoms with van der Waals surface area (Å²) in [5.74, 6) is -3.42. The van der Waals surface area contributed by atoms with Crippen molar-refractivity contribution < 1.29 is 38.4 Å². The number of hydrogen-bond donors (Lipinski definition) is 0. The van der Waals surface area contributed by atoms with Crippen LogP contribution in [0.3, 0.4) is 0 Å². The Hall–Kier alpha value is -2.71. The van der Waals surface area contributed by atoms with Gasteiger partial charge < -0.3 is 14.2 Å². The van der Waals surface area contributed by atoms with Gasteiger partial charge in [-0.3, -0.25) is 4.79 Å². The first-order valence-corrected chi connectivity index (χ1v) is 7.33. The van der Waals surface area contributed by atoms with Crippen LogP contribution in [0, 0.1) is 5.92 Å². The Bertz CT molecular complexity index is 663. The Morgan fingerprint density at radius 3 is 2.16 bits per heavy atom. The van der Waals surface area contributed by atoms with Crippen LogP contribution >= 0.6 is 0 Å². The van der Waals surface area contributed by atoms with Gasteiger partial charge in [0.25, 0.3) is 0 Å². The fourth-order valence-electron chi connectivity index (χ4n) is 2.56. The summed E-state index contributed by atoms with van der Waals surface area (Å²) in [6, 6.07) is 8.56. The van der Waals surface area contributed by atoms with E-state index in [1.165, 1.54) is 13.2 Å². The minimum atomic E-state index is -1.55. The van der Waals surface area contributed by atoms with E-state index in [9.17, 15) is 14.4 Å². The van der Waals surface area contributed by atoms with Crippen molar-refractivity contribution in [3.63, 3.8) is 0 Å². The lowest BCUT2D eigenvalue weighted by molar-refractivity contribution is -0.301. The van der Waals surface area contributed by atoms with Gasteiger partial charge in [0.2, 0.25) is 0 Å². The maximum Gasteiger partial charge on any atom is 0.345 e. The molecule has 0 aromatic heterocycles. The zero-order valence-electron chi connectivity index (χ0n) is 14.0. The van der Waals surface area contributed by atoms with E-state index < -0.39 is 35.0 Å². The fourth-order valence-corrected chi connectivity index (χ4v) is 2.56. The van der Waals surface area contributed by atoms with Gasteiger partial charge in [0.15, 0.2) is 5.60 Å². The molecule has 0 saturated carbocycles. The van der Waals surface area contributed by atoms with E-state index in [0.717, 1.165) is 14.2 Å². The highest BCUT2D eigenvalue weighted by atomic mass is 17.2. The van der Waals surface area contributed by atoms with Gasteiger partial charge in [-0.25, -0.2) is 19.4 Å². The van der Waals surface area contributed by atoms with E-state index in [-0.39, 0.29) is 6.61 Å². The number of benzene rings is 1. The summed E-state index contributed by atoms with van der Waals surface area (Å²) in [5, 5.41) is 0. The van der Waals surface area contributed by atoms with E-state index in [4.69, 9.17) is 14.5 Å². The van der Waals surface area contributed by atoms with Gasteiger partial charge in [-0.15, -0.1) is 0 Å². The molecule has 1 aromatic carbocycles. The maximum atomic E-state index is 12.2. The number of rotatable bonds is 5. The minimum Gasteiger partial charge on any atom is -0.469 e. The molecule has 0 N–H and O–H groups in total.